The fourth-order valence-electron chi connectivity index (χ4n) is 1.46. The zero-order chi connectivity index (χ0) is 13.3. The van der Waals surface area contributed by atoms with E-state index in [1.165, 1.54) is 0 Å². The summed E-state index contributed by atoms with van der Waals surface area (Å²) >= 11 is 4.90. The number of rotatable bonds is 3. The van der Waals surface area contributed by atoms with E-state index in [0.717, 1.165) is 0 Å². The summed E-state index contributed by atoms with van der Waals surface area (Å²) in [5, 5.41) is 2.76. The van der Waals surface area contributed by atoms with Crippen LogP contribution in [-0.4, -0.2) is 23.2 Å². The zero-order valence-corrected chi connectivity index (χ0v) is 11.0. The lowest BCUT2D eigenvalue weighted by Gasteiger charge is -2.24. The molecule has 5 nitrogen and oxygen atoms in total. The van der Waals surface area contributed by atoms with Crippen molar-refractivity contribution in [2.45, 2.75) is 19.4 Å². The molecule has 2 rings (SSSR count). The van der Waals surface area contributed by atoms with Gasteiger partial charge in [-0.15, -0.1) is 0 Å². The van der Waals surface area contributed by atoms with Crippen LogP contribution in [0.5, 0.6) is 11.5 Å². The van der Waals surface area contributed by atoms with Crippen LogP contribution < -0.4 is 20.5 Å². The first-order chi connectivity index (χ1) is 8.40. The van der Waals surface area contributed by atoms with Crippen LogP contribution >= 0.6 is 12.2 Å². The van der Waals surface area contributed by atoms with Gasteiger partial charge in [0.25, 0.3) is 5.91 Å². The van der Waals surface area contributed by atoms with E-state index < -0.39 is 5.54 Å². The summed E-state index contributed by atoms with van der Waals surface area (Å²) in [6, 6.07) is 5.00. The number of ether oxygens (including phenoxy) is 2. The van der Waals surface area contributed by atoms with E-state index in [-0.39, 0.29) is 17.7 Å². The van der Waals surface area contributed by atoms with Crippen molar-refractivity contribution in [3.05, 3.63) is 23.8 Å². The molecule has 96 valence electrons. The molecule has 0 aliphatic carbocycles. The minimum Gasteiger partial charge on any atom is -0.454 e. The smallest absolute Gasteiger partial charge is 0.252 e. The molecule has 6 heteroatoms. The fourth-order valence-corrected chi connectivity index (χ4v) is 1.51. The Morgan fingerprint density at radius 2 is 2.06 bits per heavy atom. The lowest BCUT2D eigenvalue weighted by atomic mass is 10.0. The highest BCUT2D eigenvalue weighted by Crippen LogP contribution is 2.32. The maximum atomic E-state index is 12.0. The molecule has 3 N–H and O–H groups in total. The van der Waals surface area contributed by atoms with Gasteiger partial charge in [-0.1, -0.05) is 12.2 Å². The molecule has 0 radical (unpaired) electrons. The normalized spacial score (nSPS) is 13.2. The van der Waals surface area contributed by atoms with E-state index in [9.17, 15) is 4.79 Å². The minimum absolute atomic E-state index is 0.179. The lowest BCUT2D eigenvalue weighted by molar-refractivity contribution is 0.0932. The van der Waals surface area contributed by atoms with Crippen LogP contribution in [0, 0.1) is 0 Å². The highest BCUT2D eigenvalue weighted by atomic mass is 32.1. The molecule has 1 aromatic carbocycles. The van der Waals surface area contributed by atoms with E-state index in [0.29, 0.717) is 17.1 Å². The van der Waals surface area contributed by atoms with E-state index in [2.05, 4.69) is 5.32 Å². The third-order valence-corrected chi connectivity index (χ3v) is 3.19. The van der Waals surface area contributed by atoms with Crippen LogP contribution in [0.4, 0.5) is 0 Å². The lowest BCUT2D eigenvalue weighted by Crippen LogP contribution is -2.52. The molecule has 0 bridgehead atoms. The van der Waals surface area contributed by atoms with Gasteiger partial charge in [0, 0.05) is 5.56 Å². The van der Waals surface area contributed by atoms with Crippen LogP contribution in [0.3, 0.4) is 0 Å². The van der Waals surface area contributed by atoms with Crippen LogP contribution in [0.25, 0.3) is 0 Å². The molecular formula is C12H14N2O3S. The second kappa shape index (κ2) is 4.45. The highest BCUT2D eigenvalue weighted by Gasteiger charge is 2.25. The quantitative estimate of drug-likeness (QED) is 0.804. The molecule has 1 aliphatic heterocycles. The third kappa shape index (κ3) is 2.38. The van der Waals surface area contributed by atoms with E-state index in [1.807, 2.05) is 0 Å². The van der Waals surface area contributed by atoms with Gasteiger partial charge >= 0.3 is 0 Å². The predicted octanol–water partition coefficient (Wildman–Crippen LogP) is 1.21. The maximum Gasteiger partial charge on any atom is 0.252 e. The molecule has 0 atom stereocenters. The number of carbonyl (C=O) groups is 1. The third-order valence-electron chi connectivity index (χ3n) is 2.68. The summed E-state index contributed by atoms with van der Waals surface area (Å²) in [5.41, 5.74) is 5.30. The number of hydrogen-bond donors (Lipinski definition) is 2. The molecule has 0 saturated carbocycles. The Bertz CT molecular complexity index is 514. The van der Waals surface area contributed by atoms with Gasteiger partial charge in [0.1, 0.15) is 0 Å². The van der Waals surface area contributed by atoms with Crippen molar-refractivity contribution in [3.63, 3.8) is 0 Å². The number of nitrogens with one attached hydrogen (secondary N) is 1. The summed E-state index contributed by atoms with van der Waals surface area (Å²) < 4.78 is 10.4. The summed E-state index contributed by atoms with van der Waals surface area (Å²) in [7, 11) is 0. The molecular weight excluding hydrogens is 252 g/mol. The average Bonchev–Trinajstić information content (AvgIpc) is 2.74. The number of hydrogen-bond acceptors (Lipinski definition) is 4. The SMILES string of the molecule is CC(C)(NC(=O)c1ccc2c(c1)OCO2)C(N)=S. The van der Waals surface area contributed by atoms with Crippen molar-refractivity contribution in [1.82, 2.24) is 5.32 Å². The number of thiocarbonyl (C=S) groups is 1. The van der Waals surface area contributed by atoms with Crippen molar-refractivity contribution < 1.29 is 14.3 Å². The second-order valence-corrected chi connectivity index (χ2v) is 4.95. The van der Waals surface area contributed by atoms with Crippen molar-refractivity contribution in [2.75, 3.05) is 6.79 Å². The average molecular weight is 266 g/mol. The number of nitrogens with two attached hydrogens (primary N) is 1. The zero-order valence-electron chi connectivity index (χ0n) is 10.1. The monoisotopic (exact) mass is 266 g/mol. The van der Waals surface area contributed by atoms with Gasteiger partial charge in [-0.3, -0.25) is 4.79 Å². The summed E-state index contributed by atoms with van der Waals surface area (Å²) in [6.45, 7) is 3.68. The Morgan fingerprint density at radius 3 is 2.72 bits per heavy atom. The Labute approximate surface area is 110 Å². The first kappa shape index (κ1) is 12.6. The highest BCUT2D eigenvalue weighted by molar-refractivity contribution is 7.80. The summed E-state index contributed by atoms with van der Waals surface area (Å²) in [6.07, 6.45) is 0. The summed E-state index contributed by atoms with van der Waals surface area (Å²) in [4.78, 5) is 12.3. The van der Waals surface area contributed by atoms with Crippen molar-refractivity contribution in [1.29, 1.82) is 0 Å². The Morgan fingerprint density at radius 1 is 1.39 bits per heavy atom. The van der Waals surface area contributed by atoms with E-state index >= 15 is 0 Å². The van der Waals surface area contributed by atoms with Gasteiger partial charge < -0.3 is 20.5 Å². The van der Waals surface area contributed by atoms with Crippen LogP contribution in [0.15, 0.2) is 18.2 Å². The fraction of sp³-hybridized carbons (Fsp3) is 0.333. The molecule has 0 unspecified atom stereocenters. The molecule has 0 spiro atoms. The number of carbonyl (C=O) groups excluding carboxylic acids is 1. The molecule has 0 saturated heterocycles. The van der Waals surface area contributed by atoms with Gasteiger partial charge in [-0.05, 0) is 32.0 Å². The van der Waals surface area contributed by atoms with E-state index in [4.69, 9.17) is 27.4 Å². The molecule has 0 fully saturated rings. The maximum absolute atomic E-state index is 12.0. The topological polar surface area (TPSA) is 73.6 Å². The van der Waals surface area contributed by atoms with Crippen molar-refractivity contribution >= 4 is 23.1 Å². The molecule has 1 amide bonds. The first-order valence-corrected chi connectivity index (χ1v) is 5.83. The number of amides is 1. The number of fused-ring (bicyclic) bond motifs is 1. The molecule has 0 aromatic heterocycles. The Kier molecular flexibility index (Phi) is 3.13. The Hall–Kier alpha value is -1.82. The predicted molar refractivity (Wildman–Crippen MR) is 70.9 cm³/mol. The largest absolute Gasteiger partial charge is 0.454 e. The van der Waals surface area contributed by atoms with Crippen LogP contribution in [0.2, 0.25) is 0 Å². The molecule has 1 aliphatic rings. The van der Waals surface area contributed by atoms with Crippen LogP contribution in [0.1, 0.15) is 24.2 Å². The molecule has 1 aromatic rings. The van der Waals surface area contributed by atoms with Gasteiger partial charge in [0.2, 0.25) is 6.79 Å². The molecule has 1 heterocycles. The van der Waals surface area contributed by atoms with Gasteiger partial charge in [-0.2, -0.15) is 0 Å². The number of benzene rings is 1. The van der Waals surface area contributed by atoms with E-state index in [1.54, 1.807) is 32.0 Å². The first-order valence-electron chi connectivity index (χ1n) is 5.42. The van der Waals surface area contributed by atoms with Gasteiger partial charge in [-0.25, -0.2) is 0 Å². The van der Waals surface area contributed by atoms with Crippen LogP contribution in [-0.2, 0) is 0 Å². The van der Waals surface area contributed by atoms with Gasteiger partial charge in [0.15, 0.2) is 11.5 Å². The summed E-state index contributed by atoms with van der Waals surface area (Å²) in [5.74, 6) is 0.946. The van der Waals surface area contributed by atoms with Gasteiger partial charge in [0.05, 0.1) is 10.5 Å². The Balaban J connectivity index is 2.17. The second-order valence-electron chi connectivity index (χ2n) is 4.51. The minimum atomic E-state index is -0.733. The van der Waals surface area contributed by atoms with Crippen molar-refractivity contribution in [3.8, 4) is 11.5 Å². The standard InChI is InChI=1S/C12H14N2O3S/c1-12(2,11(13)18)14-10(15)7-3-4-8-9(5-7)17-6-16-8/h3-5H,6H2,1-2H3,(H2,13,18)(H,14,15). The molecule has 18 heavy (non-hydrogen) atoms. The van der Waals surface area contributed by atoms with Crippen molar-refractivity contribution in [2.24, 2.45) is 5.73 Å².